The standard InChI is InChI=1S/C11H16Cl2/c1-9(2)7-3-4-8(5-7)10(9)6-11(10,12)13/h7-8H,3-6H2,1-2H3/t7-,8+,10+/m1/s1. The third kappa shape index (κ3) is 0.741. The molecule has 3 fully saturated rings. The molecular formula is C11H16Cl2. The smallest absolute Gasteiger partial charge is 0.101 e. The summed E-state index contributed by atoms with van der Waals surface area (Å²) in [5.41, 5.74) is 0.672. The fourth-order valence-electron chi connectivity index (χ4n) is 4.42. The molecule has 3 aliphatic rings. The molecule has 0 amide bonds. The van der Waals surface area contributed by atoms with Gasteiger partial charge >= 0.3 is 0 Å². The van der Waals surface area contributed by atoms with Crippen molar-refractivity contribution in [3.05, 3.63) is 0 Å². The first-order chi connectivity index (χ1) is 5.92. The highest BCUT2D eigenvalue weighted by atomic mass is 35.5. The molecule has 74 valence electrons. The predicted octanol–water partition coefficient (Wildman–Crippen LogP) is 4.01. The highest BCUT2D eigenvalue weighted by molar-refractivity contribution is 6.51. The summed E-state index contributed by atoms with van der Waals surface area (Å²) in [6, 6.07) is 0. The van der Waals surface area contributed by atoms with E-state index in [9.17, 15) is 0 Å². The van der Waals surface area contributed by atoms with Crippen molar-refractivity contribution in [1.29, 1.82) is 0 Å². The van der Waals surface area contributed by atoms with E-state index in [4.69, 9.17) is 23.2 Å². The molecule has 13 heavy (non-hydrogen) atoms. The maximum Gasteiger partial charge on any atom is 0.125 e. The Morgan fingerprint density at radius 1 is 1.08 bits per heavy atom. The van der Waals surface area contributed by atoms with E-state index in [1.807, 2.05) is 0 Å². The van der Waals surface area contributed by atoms with Gasteiger partial charge in [-0.3, -0.25) is 0 Å². The van der Waals surface area contributed by atoms with Crippen LogP contribution in [0, 0.1) is 22.7 Å². The molecule has 2 heteroatoms. The number of halogens is 2. The fraction of sp³-hybridized carbons (Fsp3) is 1.00. The van der Waals surface area contributed by atoms with Crippen LogP contribution < -0.4 is 0 Å². The molecule has 0 unspecified atom stereocenters. The highest BCUT2D eigenvalue weighted by Gasteiger charge is 2.80. The lowest BCUT2D eigenvalue weighted by Gasteiger charge is -2.40. The third-order valence-corrected chi connectivity index (χ3v) is 6.27. The fourth-order valence-corrected chi connectivity index (χ4v) is 5.64. The van der Waals surface area contributed by atoms with Crippen LogP contribution >= 0.6 is 23.2 Å². The van der Waals surface area contributed by atoms with E-state index in [0.717, 1.165) is 18.3 Å². The maximum atomic E-state index is 6.35. The summed E-state index contributed by atoms with van der Waals surface area (Å²) in [7, 11) is 0. The number of rotatable bonds is 0. The van der Waals surface area contributed by atoms with Gasteiger partial charge in [0.15, 0.2) is 0 Å². The van der Waals surface area contributed by atoms with Gasteiger partial charge in [0.25, 0.3) is 0 Å². The zero-order chi connectivity index (χ0) is 9.48. The normalized spacial score (nSPS) is 54.5. The van der Waals surface area contributed by atoms with Crippen molar-refractivity contribution in [2.75, 3.05) is 0 Å². The third-order valence-electron chi connectivity index (χ3n) is 5.33. The van der Waals surface area contributed by atoms with Gasteiger partial charge in [-0.15, -0.1) is 23.2 Å². The zero-order valence-electron chi connectivity index (χ0n) is 8.24. The van der Waals surface area contributed by atoms with E-state index in [2.05, 4.69) is 13.8 Å². The van der Waals surface area contributed by atoms with E-state index in [-0.39, 0.29) is 5.41 Å². The van der Waals surface area contributed by atoms with Gasteiger partial charge in [-0.25, -0.2) is 0 Å². The molecule has 0 aliphatic heterocycles. The van der Waals surface area contributed by atoms with E-state index in [0.29, 0.717) is 5.41 Å². The lowest BCUT2D eigenvalue weighted by atomic mass is 9.66. The molecule has 0 nitrogen and oxygen atoms in total. The molecule has 0 radical (unpaired) electrons. The maximum absolute atomic E-state index is 6.35. The van der Waals surface area contributed by atoms with Crippen LogP contribution in [0.1, 0.15) is 39.5 Å². The summed E-state index contributed by atoms with van der Waals surface area (Å²) in [5.74, 6) is 1.71. The summed E-state index contributed by atoms with van der Waals surface area (Å²) in [6.07, 6.45) is 5.20. The van der Waals surface area contributed by atoms with Gasteiger partial charge in [-0.1, -0.05) is 13.8 Å². The Morgan fingerprint density at radius 2 is 1.62 bits per heavy atom. The summed E-state index contributed by atoms with van der Waals surface area (Å²) >= 11 is 12.7. The van der Waals surface area contributed by atoms with Gasteiger partial charge in [0, 0.05) is 5.41 Å². The second-order valence-corrected chi connectivity index (χ2v) is 7.27. The second kappa shape index (κ2) is 2.07. The SMILES string of the molecule is CC1(C)[C@@H]2CC[C@@H](C2)[C@@]12CC2(Cl)Cl. The molecule has 3 atom stereocenters. The Hall–Kier alpha value is 0.580. The van der Waals surface area contributed by atoms with Crippen LogP contribution in [0.25, 0.3) is 0 Å². The van der Waals surface area contributed by atoms with Crippen LogP contribution in [-0.4, -0.2) is 4.33 Å². The van der Waals surface area contributed by atoms with Crippen LogP contribution in [0.5, 0.6) is 0 Å². The summed E-state index contributed by atoms with van der Waals surface area (Å²) < 4.78 is -0.393. The molecule has 0 heterocycles. The van der Waals surface area contributed by atoms with Crippen molar-refractivity contribution in [3.8, 4) is 0 Å². The van der Waals surface area contributed by atoms with Crippen molar-refractivity contribution in [2.45, 2.75) is 43.9 Å². The molecule has 3 rings (SSSR count). The van der Waals surface area contributed by atoms with Crippen molar-refractivity contribution >= 4 is 23.2 Å². The lowest BCUT2D eigenvalue weighted by Crippen LogP contribution is -2.36. The average molecular weight is 219 g/mol. The van der Waals surface area contributed by atoms with Crippen LogP contribution in [0.3, 0.4) is 0 Å². The molecule has 3 aliphatic carbocycles. The number of fused-ring (bicyclic) bond motifs is 3. The molecular weight excluding hydrogens is 203 g/mol. The van der Waals surface area contributed by atoms with Crippen LogP contribution in [0.2, 0.25) is 0 Å². The molecule has 2 bridgehead atoms. The minimum Gasteiger partial charge on any atom is -0.101 e. The molecule has 0 aromatic carbocycles. The van der Waals surface area contributed by atoms with Gasteiger partial charge in [-0.2, -0.15) is 0 Å². The van der Waals surface area contributed by atoms with Gasteiger partial charge in [0.05, 0.1) is 0 Å². The topological polar surface area (TPSA) is 0 Å². The minimum absolute atomic E-state index is 0.284. The average Bonchev–Trinajstić information content (AvgIpc) is 2.47. The minimum atomic E-state index is -0.393. The Balaban J connectivity index is 2.06. The number of hydrogen-bond acceptors (Lipinski definition) is 0. The highest BCUT2D eigenvalue weighted by Crippen LogP contribution is 2.84. The van der Waals surface area contributed by atoms with Crippen molar-refractivity contribution in [1.82, 2.24) is 0 Å². The van der Waals surface area contributed by atoms with E-state index < -0.39 is 4.33 Å². The Bertz CT molecular complexity index is 269. The molecule has 1 spiro atoms. The van der Waals surface area contributed by atoms with Gasteiger partial charge in [0.1, 0.15) is 4.33 Å². The van der Waals surface area contributed by atoms with Crippen LogP contribution in [0.4, 0.5) is 0 Å². The lowest BCUT2D eigenvalue weighted by molar-refractivity contribution is 0.0975. The van der Waals surface area contributed by atoms with Crippen LogP contribution in [0.15, 0.2) is 0 Å². The van der Waals surface area contributed by atoms with Crippen LogP contribution in [-0.2, 0) is 0 Å². The first-order valence-electron chi connectivity index (χ1n) is 5.30. The van der Waals surface area contributed by atoms with E-state index in [1.54, 1.807) is 0 Å². The van der Waals surface area contributed by atoms with E-state index >= 15 is 0 Å². The van der Waals surface area contributed by atoms with Crippen molar-refractivity contribution < 1.29 is 0 Å². The Kier molecular flexibility index (Phi) is 1.41. The summed E-state index contributed by atoms with van der Waals surface area (Å²) in [6.45, 7) is 4.76. The molecule has 3 saturated carbocycles. The quantitative estimate of drug-likeness (QED) is 0.540. The van der Waals surface area contributed by atoms with Gasteiger partial charge in [-0.05, 0) is 42.9 Å². The van der Waals surface area contributed by atoms with Crippen molar-refractivity contribution in [3.63, 3.8) is 0 Å². The number of alkyl halides is 2. The Labute approximate surface area is 90.0 Å². The summed E-state index contributed by atoms with van der Waals surface area (Å²) in [4.78, 5) is 0. The second-order valence-electron chi connectivity index (χ2n) is 5.78. The van der Waals surface area contributed by atoms with Gasteiger partial charge < -0.3 is 0 Å². The Morgan fingerprint density at radius 3 is 1.92 bits per heavy atom. The first kappa shape index (κ1) is 8.85. The molecule has 0 aromatic heterocycles. The molecule has 0 N–H and O–H groups in total. The molecule has 0 saturated heterocycles. The predicted molar refractivity (Wildman–Crippen MR) is 56.1 cm³/mol. The van der Waals surface area contributed by atoms with Gasteiger partial charge in [0.2, 0.25) is 0 Å². The largest absolute Gasteiger partial charge is 0.125 e. The molecule has 0 aromatic rings. The zero-order valence-corrected chi connectivity index (χ0v) is 9.75. The summed E-state index contributed by atoms with van der Waals surface area (Å²) in [5, 5.41) is 0. The monoisotopic (exact) mass is 218 g/mol. The van der Waals surface area contributed by atoms with Crippen molar-refractivity contribution in [2.24, 2.45) is 22.7 Å². The van der Waals surface area contributed by atoms with E-state index in [1.165, 1.54) is 19.3 Å². The number of hydrogen-bond donors (Lipinski definition) is 0. The first-order valence-corrected chi connectivity index (χ1v) is 6.05.